The van der Waals surface area contributed by atoms with Gasteiger partial charge in [-0.25, -0.2) is 4.79 Å². The second kappa shape index (κ2) is 10.4. The number of hydrogen-bond donors (Lipinski definition) is 0. The number of ether oxygens (including phenoxy) is 2. The monoisotopic (exact) mass is 434 g/mol. The Labute approximate surface area is 179 Å². The maximum Gasteiger partial charge on any atom is 0.432 e. The van der Waals surface area contributed by atoms with E-state index in [1.54, 1.807) is 56.3 Å². The third kappa shape index (κ3) is 5.41. The second-order valence-corrected chi connectivity index (χ2v) is 7.07. The summed E-state index contributed by atoms with van der Waals surface area (Å²) < 4.78 is 52.5. The van der Waals surface area contributed by atoms with Gasteiger partial charge < -0.3 is 9.47 Å². The number of allylic oxidation sites excluding steroid dienone is 1. The van der Waals surface area contributed by atoms with Crippen molar-refractivity contribution in [2.24, 2.45) is 5.92 Å². The lowest BCUT2D eigenvalue weighted by Gasteiger charge is -2.34. The fraction of sp³-hybridized carbons (Fsp3) is 0.333. The van der Waals surface area contributed by atoms with E-state index in [0.29, 0.717) is 5.56 Å². The van der Waals surface area contributed by atoms with Gasteiger partial charge in [0, 0.05) is 30.6 Å². The zero-order valence-corrected chi connectivity index (χ0v) is 17.6. The summed E-state index contributed by atoms with van der Waals surface area (Å²) in [6, 6.07) is 14.9. The first-order valence-corrected chi connectivity index (χ1v) is 9.77. The summed E-state index contributed by atoms with van der Waals surface area (Å²) in [6.45, 7) is 3.40. The Morgan fingerprint density at radius 1 is 1.00 bits per heavy atom. The summed E-state index contributed by atoms with van der Waals surface area (Å²) in [6.07, 6.45) is -3.12. The Kier molecular flexibility index (Phi) is 8.16. The van der Waals surface area contributed by atoms with Crippen LogP contribution in [0.2, 0.25) is 0 Å². The molecule has 0 N–H and O–H groups in total. The van der Waals surface area contributed by atoms with Crippen molar-refractivity contribution in [2.75, 3.05) is 7.11 Å². The number of carbonyl (C=O) groups excluding carboxylic acids is 2. The maximum absolute atomic E-state index is 14.1. The maximum atomic E-state index is 14.1. The number of benzene rings is 2. The van der Waals surface area contributed by atoms with Crippen LogP contribution in [0.3, 0.4) is 0 Å². The van der Waals surface area contributed by atoms with E-state index in [9.17, 15) is 22.8 Å². The zero-order chi connectivity index (χ0) is 23.1. The minimum absolute atomic E-state index is 0.270. The van der Waals surface area contributed by atoms with Crippen LogP contribution in [-0.4, -0.2) is 31.1 Å². The fourth-order valence-corrected chi connectivity index (χ4v) is 3.29. The number of rotatable bonds is 9. The molecule has 3 atom stereocenters. The molecular weight excluding hydrogens is 409 g/mol. The molecule has 0 amide bonds. The fourth-order valence-electron chi connectivity index (χ4n) is 3.29. The van der Waals surface area contributed by atoms with Gasteiger partial charge in [-0.2, -0.15) is 13.2 Å². The van der Waals surface area contributed by atoms with Crippen molar-refractivity contribution in [3.63, 3.8) is 0 Å². The van der Waals surface area contributed by atoms with Crippen LogP contribution in [0.1, 0.15) is 36.2 Å². The highest BCUT2D eigenvalue weighted by atomic mass is 19.4. The standard InChI is InChI=1S/C24H25F3O4/c1-4-11-17(2)21(16-20(28)18-12-7-5-8-13-18)31-22(29)23(30-3,24(25,26)27)19-14-9-6-10-15-19/h4-15,17,21H,16H2,1-3H3/b11-4+/t17-,21+,23?/m0/s1. The summed E-state index contributed by atoms with van der Waals surface area (Å²) in [7, 11) is 0.807. The van der Waals surface area contributed by atoms with Crippen LogP contribution in [0.25, 0.3) is 0 Å². The molecule has 0 saturated carbocycles. The first-order chi connectivity index (χ1) is 14.7. The highest BCUT2D eigenvalue weighted by Crippen LogP contribution is 2.43. The van der Waals surface area contributed by atoms with Crippen molar-refractivity contribution < 1.29 is 32.2 Å². The van der Waals surface area contributed by atoms with Gasteiger partial charge in [0.1, 0.15) is 6.10 Å². The quantitative estimate of drug-likeness (QED) is 0.298. The number of carbonyl (C=O) groups is 2. The smallest absolute Gasteiger partial charge is 0.432 e. The summed E-state index contributed by atoms with van der Waals surface area (Å²) >= 11 is 0. The average Bonchev–Trinajstić information content (AvgIpc) is 2.74. The molecule has 166 valence electrons. The van der Waals surface area contributed by atoms with Gasteiger partial charge in [-0.15, -0.1) is 0 Å². The third-order valence-corrected chi connectivity index (χ3v) is 5.00. The van der Waals surface area contributed by atoms with Gasteiger partial charge in [-0.1, -0.05) is 79.7 Å². The molecule has 2 rings (SSSR count). The summed E-state index contributed by atoms with van der Waals surface area (Å²) in [5.41, 5.74) is -3.33. The van der Waals surface area contributed by atoms with Crippen LogP contribution in [0.5, 0.6) is 0 Å². The SMILES string of the molecule is C/C=C/[C@H](C)[C@@H](CC(=O)c1ccccc1)OC(=O)C(OC)(c1ccccc1)C(F)(F)F. The molecule has 31 heavy (non-hydrogen) atoms. The average molecular weight is 434 g/mol. The lowest BCUT2D eigenvalue weighted by Crippen LogP contribution is -2.53. The number of methoxy groups -OCH3 is 1. The number of esters is 1. The Morgan fingerprint density at radius 2 is 1.55 bits per heavy atom. The van der Waals surface area contributed by atoms with Gasteiger partial charge in [0.15, 0.2) is 5.78 Å². The molecule has 0 fully saturated rings. The van der Waals surface area contributed by atoms with Gasteiger partial charge in [0.25, 0.3) is 5.60 Å². The minimum atomic E-state index is -5.09. The molecule has 4 nitrogen and oxygen atoms in total. The summed E-state index contributed by atoms with van der Waals surface area (Å²) in [5.74, 6) is -2.46. The molecule has 7 heteroatoms. The number of ketones is 1. The van der Waals surface area contributed by atoms with Crippen LogP contribution in [0.4, 0.5) is 13.2 Å². The first-order valence-electron chi connectivity index (χ1n) is 9.77. The molecule has 0 aromatic heterocycles. The molecule has 0 radical (unpaired) electrons. The molecule has 0 spiro atoms. The zero-order valence-electron chi connectivity index (χ0n) is 17.6. The molecule has 0 saturated heterocycles. The third-order valence-electron chi connectivity index (χ3n) is 5.00. The summed E-state index contributed by atoms with van der Waals surface area (Å²) in [5, 5.41) is 0. The predicted octanol–water partition coefficient (Wildman–Crippen LogP) is 5.49. The molecule has 2 aromatic rings. The van der Waals surface area contributed by atoms with E-state index in [0.717, 1.165) is 19.2 Å². The van der Waals surface area contributed by atoms with E-state index in [2.05, 4.69) is 0 Å². The normalized spacial score (nSPS) is 15.8. The van der Waals surface area contributed by atoms with Gasteiger partial charge in [-0.05, 0) is 6.92 Å². The van der Waals surface area contributed by atoms with E-state index in [-0.39, 0.29) is 12.2 Å². The Balaban J connectivity index is 2.41. The molecule has 0 aliphatic heterocycles. The lowest BCUT2D eigenvalue weighted by atomic mass is 9.91. The predicted molar refractivity (Wildman–Crippen MR) is 110 cm³/mol. The van der Waals surface area contributed by atoms with E-state index >= 15 is 0 Å². The molecular formula is C24H25F3O4. The molecule has 2 aromatic carbocycles. The highest BCUT2D eigenvalue weighted by molar-refractivity contribution is 5.96. The second-order valence-electron chi connectivity index (χ2n) is 7.07. The van der Waals surface area contributed by atoms with Crippen molar-refractivity contribution in [3.05, 3.63) is 83.9 Å². The van der Waals surface area contributed by atoms with Crippen LogP contribution in [-0.2, 0) is 19.9 Å². The van der Waals surface area contributed by atoms with Gasteiger partial charge >= 0.3 is 12.1 Å². The van der Waals surface area contributed by atoms with E-state index in [1.807, 2.05) is 0 Å². The minimum Gasteiger partial charge on any atom is -0.459 e. The summed E-state index contributed by atoms with van der Waals surface area (Å²) in [4.78, 5) is 25.6. The van der Waals surface area contributed by atoms with Gasteiger partial charge in [0.2, 0.25) is 0 Å². The molecule has 0 bridgehead atoms. The number of halogens is 3. The molecule has 0 heterocycles. The van der Waals surface area contributed by atoms with E-state index in [4.69, 9.17) is 9.47 Å². The van der Waals surface area contributed by atoms with Crippen LogP contribution in [0.15, 0.2) is 72.8 Å². The van der Waals surface area contributed by atoms with Crippen LogP contribution < -0.4 is 0 Å². The van der Waals surface area contributed by atoms with Gasteiger partial charge in [-0.3, -0.25) is 4.79 Å². The van der Waals surface area contributed by atoms with Gasteiger partial charge in [0.05, 0.1) is 0 Å². The first kappa shape index (κ1) is 24.3. The number of hydrogen-bond acceptors (Lipinski definition) is 4. The van der Waals surface area contributed by atoms with E-state index in [1.165, 1.54) is 18.2 Å². The van der Waals surface area contributed by atoms with Crippen molar-refractivity contribution in [1.82, 2.24) is 0 Å². The van der Waals surface area contributed by atoms with Crippen molar-refractivity contribution in [2.45, 2.75) is 38.1 Å². The molecule has 0 aliphatic rings. The van der Waals surface area contributed by atoms with Crippen molar-refractivity contribution >= 4 is 11.8 Å². The number of alkyl halides is 3. The van der Waals surface area contributed by atoms with Crippen LogP contribution in [0, 0.1) is 5.92 Å². The Bertz CT molecular complexity index is 894. The Hall–Kier alpha value is -2.93. The topological polar surface area (TPSA) is 52.6 Å². The molecule has 0 aliphatic carbocycles. The Morgan fingerprint density at radius 3 is 2.03 bits per heavy atom. The van der Waals surface area contributed by atoms with Crippen LogP contribution >= 0.6 is 0 Å². The highest BCUT2D eigenvalue weighted by Gasteiger charge is 2.64. The van der Waals surface area contributed by atoms with Crippen molar-refractivity contribution in [1.29, 1.82) is 0 Å². The van der Waals surface area contributed by atoms with Crippen molar-refractivity contribution in [3.8, 4) is 0 Å². The molecule has 1 unspecified atom stereocenters. The number of Topliss-reactive ketones (excluding diaryl/α,β-unsaturated/α-hetero) is 1. The lowest BCUT2D eigenvalue weighted by molar-refractivity contribution is -0.278. The largest absolute Gasteiger partial charge is 0.459 e. The van der Waals surface area contributed by atoms with E-state index < -0.39 is 35.3 Å².